The van der Waals surface area contributed by atoms with Gasteiger partial charge in [-0.2, -0.15) is 0 Å². The van der Waals surface area contributed by atoms with Gasteiger partial charge in [0.25, 0.3) is 12.5 Å². The third-order valence-corrected chi connectivity index (χ3v) is 7.60. The summed E-state index contributed by atoms with van der Waals surface area (Å²) in [6.45, 7) is 4.26. The van der Waals surface area contributed by atoms with E-state index < -0.39 is 49.1 Å². The molecule has 2 rings (SSSR count). The van der Waals surface area contributed by atoms with Crippen molar-refractivity contribution in [2.75, 3.05) is 25.6 Å². The zero-order chi connectivity index (χ0) is 25.5. The fourth-order valence-electron chi connectivity index (χ4n) is 3.06. The topological polar surface area (TPSA) is 151 Å². The molecule has 1 N–H and O–H groups in total. The molecule has 0 unspecified atom stereocenters. The summed E-state index contributed by atoms with van der Waals surface area (Å²) in [4.78, 5) is 52.0. The Morgan fingerprint density at radius 1 is 1.09 bits per heavy atom. The third kappa shape index (κ3) is 7.97. The third-order valence-electron chi connectivity index (χ3n) is 4.15. The van der Waals surface area contributed by atoms with Crippen LogP contribution < -0.4 is 5.20 Å². The van der Waals surface area contributed by atoms with E-state index in [0.717, 1.165) is 30.6 Å². The number of hydrazine groups is 1. The Morgan fingerprint density at radius 3 is 2.18 bits per heavy atom. The molecular weight excluding hydrogens is 513 g/mol. The van der Waals surface area contributed by atoms with Crippen LogP contribution in [0.3, 0.4) is 0 Å². The van der Waals surface area contributed by atoms with E-state index >= 15 is 0 Å². The lowest BCUT2D eigenvalue weighted by molar-refractivity contribution is -0.224. The highest BCUT2D eigenvalue weighted by atomic mass is 32.5. The number of ether oxygens (including phenoxy) is 4. The highest BCUT2D eigenvalue weighted by Crippen LogP contribution is 2.45. The molecule has 2 aliphatic heterocycles. The quantitative estimate of drug-likeness (QED) is 0.237. The van der Waals surface area contributed by atoms with Gasteiger partial charge in [-0.05, 0) is 25.7 Å². The number of rotatable bonds is 10. The van der Waals surface area contributed by atoms with Crippen LogP contribution >= 0.6 is 18.4 Å². The normalized spacial score (nSPS) is 26.4. The van der Waals surface area contributed by atoms with Gasteiger partial charge in [0.05, 0.1) is 25.6 Å². The Labute approximate surface area is 206 Å². The van der Waals surface area contributed by atoms with Crippen LogP contribution in [0.25, 0.3) is 0 Å². The molecule has 0 bridgehead atoms. The number of thioether (sulfide) groups is 1. The summed E-state index contributed by atoms with van der Waals surface area (Å²) in [6.07, 6.45) is -4.66. The van der Waals surface area contributed by atoms with E-state index in [1.54, 1.807) is 13.8 Å². The molecule has 0 aliphatic carbocycles. The molecule has 0 aromatic rings. The van der Waals surface area contributed by atoms with Crippen LogP contribution in [0.1, 0.15) is 34.6 Å². The van der Waals surface area contributed by atoms with Crippen molar-refractivity contribution in [3.05, 3.63) is 0 Å². The minimum Gasteiger partial charge on any atom is -0.456 e. The van der Waals surface area contributed by atoms with E-state index in [-0.39, 0.29) is 36.6 Å². The molecule has 16 heteroatoms. The van der Waals surface area contributed by atoms with E-state index in [9.17, 15) is 19.2 Å². The van der Waals surface area contributed by atoms with Crippen LogP contribution in [0.5, 0.6) is 0 Å². The van der Waals surface area contributed by atoms with Crippen molar-refractivity contribution in [1.82, 2.24) is 10.2 Å². The lowest BCUT2D eigenvalue weighted by Gasteiger charge is -2.39. The monoisotopic (exact) mass is 541 g/mol. The Balaban J connectivity index is 2.37. The van der Waals surface area contributed by atoms with Crippen LogP contribution in [-0.2, 0) is 59.0 Å². The first kappa shape index (κ1) is 28.6. The number of hydrogen-bond donors (Lipinski definition) is 1. The van der Waals surface area contributed by atoms with Gasteiger partial charge in [0.1, 0.15) is 0 Å². The fraction of sp³-hybridized carbons (Fsp3) is 0.722. The Hall–Kier alpha value is -1.61. The highest BCUT2D eigenvalue weighted by Gasteiger charge is 2.48. The van der Waals surface area contributed by atoms with E-state index in [1.165, 1.54) is 6.92 Å². The number of hydrogen-bond acceptors (Lipinski definition) is 13. The second-order valence-corrected chi connectivity index (χ2v) is 11.0. The van der Waals surface area contributed by atoms with Crippen molar-refractivity contribution in [2.45, 2.75) is 59.2 Å². The SMILES string of the molecule is CCOP(=S)(NN1C(=O)CSC1=N[C@@H]1OC[C@@H](OC(C)=O)[C@H](OC(C)=O)[C@H]1OC(C)=O)OCC. The van der Waals surface area contributed by atoms with Crippen molar-refractivity contribution in [3.8, 4) is 0 Å². The van der Waals surface area contributed by atoms with E-state index in [4.69, 9.17) is 39.8 Å². The van der Waals surface area contributed by atoms with Gasteiger partial charge in [-0.15, -0.1) is 5.20 Å². The molecule has 2 saturated heterocycles. The zero-order valence-corrected chi connectivity index (χ0v) is 21.9. The number of carbonyl (C=O) groups excluding carboxylic acids is 4. The maximum Gasteiger partial charge on any atom is 0.303 e. The predicted octanol–water partition coefficient (Wildman–Crippen LogP) is 0.871. The molecule has 2 aliphatic rings. The maximum atomic E-state index is 12.5. The van der Waals surface area contributed by atoms with E-state index in [1.807, 2.05) is 0 Å². The van der Waals surface area contributed by atoms with Gasteiger partial charge in [0.15, 0.2) is 29.7 Å². The van der Waals surface area contributed by atoms with Crippen molar-refractivity contribution >= 4 is 59.2 Å². The molecule has 13 nitrogen and oxygen atoms in total. The van der Waals surface area contributed by atoms with Crippen LogP contribution in [0.2, 0.25) is 0 Å². The molecular formula is C18H28N3O10PS2. The first-order chi connectivity index (χ1) is 16.0. The Morgan fingerprint density at radius 2 is 1.65 bits per heavy atom. The first-order valence-corrected chi connectivity index (χ1v) is 14.0. The molecule has 0 aromatic heterocycles. The van der Waals surface area contributed by atoms with E-state index in [2.05, 4.69) is 10.2 Å². The van der Waals surface area contributed by atoms with Crippen molar-refractivity contribution in [2.24, 2.45) is 4.99 Å². The molecule has 34 heavy (non-hydrogen) atoms. The van der Waals surface area contributed by atoms with Crippen molar-refractivity contribution in [1.29, 1.82) is 0 Å². The highest BCUT2D eigenvalue weighted by molar-refractivity contribution is 8.15. The summed E-state index contributed by atoms with van der Waals surface area (Å²) >= 11 is 6.53. The summed E-state index contributed by atoms with van der Waals surface area (Å²) in [6, 6.07) is 0. The minimum atomic E-state index is -3.05. The molecule has 4 atom stereocenters. The largest absolute Gasteiger partial charge is 0.456 e. The minimum absolute atomic E-state index is 0.0494. The van der Waals surface area contributed by atoms with Gasteiger partial charge in [-0.1, -0.05) is 11.8 Å². The number of amidine groups is 1. The van der Waals surface area contributed by atoms with Gasteiger partial charge in [0, 0.05) is 20.8 Å². The molecule has 0 spiro atoms. The first-order valence-electron chi connectivity index (χ1n) is 10.3. The van der Waals surface area contributed by atoms with Gasteiger partial charge in [-0.3, -0.25) is 19.2 Å². The zero-order valence-electron chi connectivity index (χ0n) is 19.4. The fourth-order valence-corrected chi connectivity index (χ4v) is 6.16. The smallest absolute Gasteiger partial charge is 0.303 e. The Kier molecular flexibility index (Phi) is 10.9. The molecule has 2 fully saturated rings. The molecule has 1 amide bonds. The Bertz CT molecular complexity index is 863. The number of carbonyl (C=O) groups is 4. The molecule has 2 heterocycles. The van der Waals surface area contributed by atoms with Crippen LogP contribution in [0.4, 0.5) is 0 Å². The lowest BCUT2D eigenvalue weighted by Crippen LogP contribution is -2.57. The van der Waals surface area contributed by atoms with Crippen molar-refractivity contribution < 1.29 is 47.2 Å². The number of amides is 1. The predicted molar refractivity (Wildman–Crippen MR) is 124 cm³/mol. The van der Waals surface area contributed by atoms with Crippen LogP contribution in [0, 0.1) is 0 Å². The number of nitrogens with one attached hydrogen (secondary N) is 1. The molecule has 0 radical (unpaired) electrons. The lowest BCUT2D eigenvalue weighted by atomic mass is 10.0. The summed E-state index contributed by atoms with van der Waals surface area (Å²) < 4.78 is 32.6. The number of nitrogens with zero attached hydrogens (tertiary/aromatic N) is 2. The molecule has 0 saturated carbocycles. The van der Waals surface area contributed by atoms with E-state index in [0.29, 0.717) is 0 Å². The number of esters is 3. The maximum absolute atomic E-state index is 12.5. The average Bonchev–Trinajstić information content (AvgIpc) is 3.04. The summed E-state index contributed by atoms with van der Waals surface area (Å²) in [5.41, 5.74) is 0. The van der Waals surface area contributed by atoms with Crippen molar-refractivity contribution in [3.63, 3.8) is 0 Å². The second-order valence-electron chi connectivity index (χ2n) is 6.88. The van der Waals surface area contributed by atoms with Gasteiger partial charge < -0.3 is 28.0 Å². The molecule has 0 aromatic carbocycles. The van der Waals surface area contributed by atoms with Gasteiger partial charge >= 0.3 is 17.9 Å². The van der Waals surface area contributed by atoms with Crippen LogP contribution in [-0.4, -0.2) is 84.1 Å². The van der Waals surface area contributed by atoms with Gasteiger partial charge in [0.2, 0.25) is 0 Å². The molecule has 192 valence electrons. The second kappa shape index (κ2) is 12.9. The number of aliphatic imine (C=N–C) groups is 1. The standard InChI is InChI=1S/C18H28N3O10PS2/c1-6-27-32(33,28-7-2)20-21-14(25)9-34-18(21)19-17-16(31-12(5)24)15(30-11(4)23)13(8-26-17)29-10(3)22/h13,15-17H,6-9H2,1-5H3,(H,20,33)/t13-,15+,16-,17-/m1/s1. The van der Waals surface area contributed by atoms with Crippen LogP contribution in [0.15, 0.2) is 4.99 Å². The summed E-state index contributed by atoms with van der Waals surface area (Å²) in [5.74, 6) is -2.33. The average molecular weight is 542 g/mol. The summed E-state index contributed by atoms with van der Waals surface area (Å²) in [5, 5.41) is 4.09. The van der Waals surface area contributed by atoms with Gasteiger partial charge in [-0.25, -0.2) is 10.0 Å². The summed E-state index contributed by atoms with van der Waals surface area (Å²) in [7, 11) is 0.